The van der Waals surface area contributed by atoms with E-state index >= 15 is 0 Å². The lowest BCUT2D eigenvalue weighted by atomic mass is 9.88. The molecule has 2 heterocycles. The van der Waals surface area contributed by atoms with Crippen molar-refractivity contribution in [3.63, 3.8) is 0 Å². The molecule has 5 heteroatoms. The molecule has 0 aromatic heterocycles. The number of hydrogen-bond donors (Lipinski definition) is 1. The van der Waals surface area contributed by atoms with E-state index in [0.29, 0.717) is 12.1 Å². The normalized spacial score (nSPS) is 20.6. The van der Waals surface area contributed by atoms with Gasteiger partial charge >= 0.3 is 0 Å². The first-order chi connectivity index (χ1) is 15.5. The van der Waals surface area contributed by atoms with E-state index in [9.17, 15) is 4.79 Å². The second-order valence-electron chi connectivity index (χ2n) is 9.23. The highest BCUT2D eigenvalue weighted by atomic mass is 16.5. The Morgan fingerprint density at radius 2 is 1.81 bits per heavy atom. The molecule has 0 radical (unpaired) electrons. The Bertz CT molecular complexity index is 900. The standard InChI is InChI=1S/C27H35N3O2/c1-29(2)24-12-10-22(11-13-24)7-6-18-30-19-16-27(17-20-30)15-14-25(32-27)21-28-26(31)23-8-4-3-5-9-23/h3-13,25H,14-21H2,1-2H3,(H,28,31)/b7-6+/t25-/m1/s1. The summed E-state index contributed by atoms with van der Waals surface area (Å²) in [6.07, 6.45) is 8.86. The molecular weight excluding hydrogens is 398 g/mol. The molecule has 1 spiro atoms. The fourth-order valence-electron chi connectivity index (χ4n) is 4.67. The first-order valence-electron chi connectivity index (χ1n) is 11.7. The van der Waals surface area contributed by atoms with E-state index < -0.39 is 0 Å². The number of nitrogens with one attached hydrogen (secondary N) is 1. The number of ether oxygens (including phenoxy) is 1. The van der Waals surface area contributed by atoms with Crippen LogP contribution in [0.2, 0.25) is 0 Å². The number of hydrogen-bond acceptors (Lipinski definition) is 4. The van der Waals surface area contributed by atoms with Gasteiger partial charge in [0, 0.05) is 51.5 Å². The molecule has 2 fully saturated rings. The number of carbonyl (C=O) groups is 1. The average Bonchev–Trinajstić information content (AvgIpc) is 3.22. The van der Waals surface area contributed by atoms with Gasteiger partial charge in [0.25, 0.3) is 5.91 Å². The fraction of sp³-hybridized carbons (Fsp3) is 0.444. The predicted octanol–water partition coefficient (Wildman–Crippen LogP) is 4.21. The summed E-state index contributed by atoms with van der Waals surface area (Å²) in [5.41, 5.74) is 3.17. The van der Waals surface area contributed by atoms with Gasteiger partial charge in [0.1, 0.15) is 0 Å². The smallest absolute Gasteiger partial charge is 0.251 e. The van der Waals surface area contributed by atoms with Gasteiger partial charge in [-0.3, -0.25) is 9.69 Å². The summed E-state index contributed by atoms with van der Waals surface area (Å²) < 4.78 is 6.47. The maximum absolute atomic E-state index is 12.3. The molecule has 2 saturated heterocycles. The van der Waals surface area contributed by atoms with Crippen LogP contribution in [-0.2, 0) is 4.74 Å². The van der Waals surface area contributed by atoms with Crippen LogP contribution in [0, 0.1) is 0 Å². The third-order valence-corrected chi connectivity index (χ3v) is 6.72. The molecule has 2 aromatic rings. The van der Waals surface area contributed by atoms with Crippen LogP contribution in [0.3, 0.4) is 0 Å². The quantitative estimate of drug-likeness (QED) is 0.711. The zero-order valence-electron chi connectivity index (χ0n) is 19.3. The molecule has 5 nitrogen and oxygen atoms in total. The molecule has 1 atom stereocenters. The summed E-state index contributed by atoms with van der Waals surface area (Å²) >= 11 is 0. The van der Waals surface area contributed by atoms with Crippen molar-refractivity contribution < 1.29 is 9.53 Å². The molecule has 1 amide bonds. The van der Waals surface area contributed by atoms with Crippen LogP contribution in [-0.4, -0.2) is 62.8 Å². The van der Waals surface area contributed by atoms with Crippen LogP contribution in [0.25, 0.3) is 6.08 Å². The number of amides is 1. The Morgan fingerprint density at radius 3 is 2.50 bits per heavy atom. The Kier molecular flexibility index (Phi) is 7.28. The molecule has 0 bridgehead atoms. The van der Waals surface area contributed by atoms with Gasteiger partial charge in [0.15, 0.2) is 0 Å². The van der Waals surface area contributed by atoms with Gasteiger partial charge in [-0.05, 0) is 55.5 Å². The maximum atomic E-state index is 12.3. The van der Waals surface area contributed by atoms with E-state index in [1.54, 1.807) is 0 Å². The molecule has 2 aliphatic heterocycles. The van der Waals surface area contributed by atoms with Crippen LogP contribution in [0.1, 0.15) is 41.6 Å². The first-order valence-corrected chi connectivity index (χ1v) is 11.7. The molecule has 170 valence electrons. The summed E-state index contributed by atoms with van der Waals surface area (Å²) in [5, 5.41) is 3.04. The van der Waals surface area contributed by atoms with Crippen LogP contribution in [0.5, 0.6) is 0 Å². The monoisotopic (exact) mass is 433 g/mol. The molecule has 32 heavy (non-hydrogen) atoms. The molecule has 1 N–H and O–H groups in total. The van der Waals surface area contributed by atoms with Crippen molar-refractivity contribution in [2.24, 2.45) is 0 Å². The van der Waals surface area contributed by atoms with Crippen molar-refractivity contribution >= 4 is 17.7 Å². The highest BCUT2D eigenvalue weighted by molar-refractivity contribution is 5.94. The van der Waals surface area contributed by atoms with Gasteiger partial charge in [-0.2, -0.15) is 0 Å². The van der Waals surface area contributed by atoms with Crippen LogP contribution >= 0.6 is 0 Å². The number of anilines is 1. The van der Waals surface area contributed by atoms with Gasteiger partial charge in [-0.25, -0.2) is 0 Å². The molecule has 0 unspecified atom stereocenters. The van der Waals surface area contributed by atoms with E-state index in [0.717, 1.165) is 45.3 Å². The molecule has 0 aliphatic carbocycles. The summed E-state index contributed by atoms with van der Waals surface area (Å²) in [4.78, 5) is 16.9. The van der Waals surface area contributed by atoms with Crippen molar-refractivity contribution in [3.8, 4) is 0 Å². The van der Waals surface area contributed by atoms with Crippen molar-refractivity contribution in [1.29, 1.82) is 0 Å². The molecule has 0 saturated carbocycles. The number of rotatable bonds is 7. The van der Waals surface area contributed by atoms with Crippen molar-refractivity contribution in [3.05, 3.63) is 71.8 Å². The van der Waals surface area contributed by atoms with Gasteiger partial charge < -0.3 is 15.0 Å². The van der Waals surface area contributed by atoms with Crippen molar-refractivity contribution in [2.45, 2.75) is 37.4 Å². The van der Waals surface area contributed by atoms with E-state index in [1.807, 2.05) is 30.3 Å². The van der Waals surface area contributed by atoms with E-state index in [2.05, 4.69) is 65.6 Å². The van der Waals surface area contributed by atoms with Gasteiger partial charge in [-0.15, -0.1) is 0 Å². The fourth-order valence-corrected chi connectivity index (χ4v) is 4.67. The van der Waals surface area contributed by atoms with Gasteiger partial charge in [0.2, 0.25) is 0 Å². The lowest BCUT2D eigenvalue weighted by Crippen LogP contribution is -2.45. The summed E-state index contributed by atoms with van der Waals surface area (Å²) in [6, 6.07) is 18.0. The van der Waals surface area contributed by atoms with Gasteiger partial charge in [0.05, 0.1) is 11.7 Å². The summed E-state index contributed by atoms with van der Waals surface area (Å²) in [5.74, 6) is -0.0203. The van der Waals surface area contributed by atoms with E-state index in [1.165, 1.54) is 11.3 Å². The third-order valence-electron chi connectivity index (χ3n) is 6.72. The van der Waals surface area contributed by atoms with Crippen LogP contribution < -0.4 is 10.2 Å². The Hall–Kier alpha value is -2.63. The summed E-state index contributed by atoms with van der Waals surface area (Å²) in [6.45, 7) is 3.69. The molecule has 2 aliphatic rings. The zero-order valence-corrected chi connectivity index (χ0v) is 19.3. The number of piperidine rings is 1. The van der Waals surface area contributed by atoms with Crippen molar-refractivity contribution in [2.75, 3.05) is 45.2 Å². The molecular formula is C27H35N3O2. The van der Waals surface area contributed by atoms with Crippen LogP contribution in [0.4, 0.5) is 5.69 Å². The highest BCUT2D eigenvalue weighted by Crippen LogP contribution is 2.38. The number of carbonyl (C=O) groups excluding carboxylic acids is 1. The number of nitrogens with zero attached hydrogens (tertiary/aromatic N) is 2. The second-order valence-corrected chi connectivity index (χ2v) is 9.23. The largest absolute Gasteiger partial charge is 0.378 e. The first kappa shape index (κ1) is 22.6. The summed E-state index contributed by atoms with van der Waals surface area (Å²) in [7, 11) is 4.12. The van der Waals surface area contributed by atoms with E-state index in [-0.39, 0.29) is 17.6 Å². The molecule has 2 aromatic carbocycles. The number of likely N-dealkylation sites (tertiary alicyclic amines) is 1. The lowest BCUT2D eigenvalue weighted by Gasteiger charge is -2.38. The maximum Gasteiger partial charge on any atom is 0.251 e. The average molecular weight is 434 g/mol. The van der Waals surface area contributed by atoms with Gasteiger partial charge in [-0.1, -0.05) is 42.5 Å². The Morgan fingerprint density at radius 1 is 1.09 bits per heavy atom. The topological polar surface area (TPSA) is 44.8 Å². The van der Waals surface area contributed by atoms with E-state index in [4.69, 9.17) is 4.74 Å². The van der Waals surface area contributed by atoms with Crippen LogP contribution in [0.15, 0.2) is 60.7 Å². The lowest BCUT2D eigenvalue weighted by molar-refractivity contribution is -0.0740. The Balaban J connectivity index is 1.18. The predicted molar refractivity (Wildman–Crippen MR) is 131 cm³/mol. The second kappa shape index (κ2) is 10.3. The highest BCUT2D eigenvalue weighted by Gasteiger charge is 2.42. The minimum absolute atomic E-state index is 0.00433. The SMILES string of the molecule is CN(C)c1ccc(/C=C/CN2CCC3(CC[C@H](CNC(=O)c4ccccc4)O3)CC2)cc1. The minimum Gasteiger partial charge on any atom is -0.378 e. The third kappa shape index (κ3) is 5.78. The molecule has 4 rings (SSSR count). The zero-order chi connectivity index (χ0) is 22.4. The Labute approximate surface area is 192 Å². The minimum atomic E-state index is -0.0203. The van der Waals surface area contributed by atoms with Crippen molar-refractivity contribution in [1.82, 2.24) is 10.2 Å². The number of benzene rings is 2.